The van der Waals surface area contributed by atoms with Crippen molar-refractivity contribution in [1.82, 2.24) is 0 Å². The van der Waals surface area contributed by atoms with E-state index in [-0.39, 0.29) is 16.1 Å². The van der Waals surface area contributed by atoms with E-state index in [1.807, 2.05) is 0 Å². The standard InChI is InChI=1S/C18H15ClN2O5S/c1-25-13-4-6-14(7-5-13)27(23,24)15(10-20)11-21-17-9-12(19)3-8-16(17)18(22)26-2/h3-9,11,21H,1-2H3/b15-11+. The Morgan fingerprint density at radius 3 is 2.41 bits per heavy atom. The molecule has 0 bridgehead atoms. The van der Waals surface area contributed by atoms with Crippen LogP contribution in [0.4, 0.5) is 5.69 Å². The van der Waals surface area contributed by atoms with E-state index >= 15 is 0 Å². The second-order valence-electron chi connectivity index (χ2n) is 5.13. The highest BCUT2D eigenvalue weighted by Crippen LogP contribution is 2.25. The van der Waals surface area contributed by atoms with Gasteiger partial charge in [0.1, 0.15) is 11.8 Å². The zero-order valence-electron chi connectivity index (χ0n) is 14.4. The van der Waals surface area contributed by atoms with E-state index in [4.69, 9.17) is 16.3 Å². The minimum absolute atomic E-state index is 0.0721. The number of sulfone groups is 1. The summed E-state index contributed by atoms with van der Waals surface area (Å²) >= 11 is 5.92. The van der Waals surface area contributed by atoms with E-state index in [1.54, 1.807) is 6.07 Å². The number of allylic oxidation sites excluding steroid dienone is 1. The van der Waals surface area contributed by atoms with Crippen molar-refractivity contribution >= 4 is 33.1 Å². The van der Waals surface area contributed by atoms with Gasteiger partial charge in [-0.15, -0.1) is 0 Å². The Balaban J connectivity index is 2.40. The van der Waals surface area contributed by atoms with Gasteiger partial charge in [0.2, 0.25) is 9.84 Å². The third kappa shape index (κ3) is 4.58. The number of hydrogen-bond acceptors (Lipinski definition) is 7. The van der Waals surface area contributed by atoms with Gasteiger partial charge in [-0.1, -0.05) is 11.6 Å². The van der Waals surface area contributed by atoms with E-state index in [0.29, 0.717) is 10.8 Å². The fraction of sp³-hybridized carbons (Fsp3) is 0.111. The summed E-state index contributed by atoms with van der Waals surface area (Å²) in [5.41, 5.74) is 0.337. The van der Waals surface area contributed by atoms with Gasteiger partial charge in [0.15, 0.2) is 4.91 Å². The summed E-state index contributed by atoms with van der Waals surface area (Å²) in [6, 6.07) is 11.6. The molecule has 0 saturated carbocycles. The van der Waals surface area contributed by atoms with Crippen LogP contribution in [0.2, 0.25) is 5.02 Å². The van der Waals surface area contributed by atoms with Crippen molar-refractivity contribution in [2.75, 3.05) is 19.5 Å². The van der Waals surface area contributed by atoms with Gasteiger partial charge < -0.3 is 14.8 Å². The van der Waals surface area contributed by atoms with Crippen LogP contribution >= 0.6 is 11.6 Å². The average Bonchev–Trinajstić information content (AvgIpc) is 2.67. The second-order valence-corrected chi connectivity index (χ2v) is 7.48. The van der Waals surface area contributed by atoms with Crippen LogP contribution in [0.5, 0.6) is 5.75 Å². The summed E-state index contributed by atoms with van der Waals surface area (Å²) < 4.78 is 34.9. The second kappa shape index (κ2) is 8.58. The lowest BCUT2D eigenvalue weighted by Crippen LogP contribution is -2.08. The lowest BCUT2D eigenvalue weighted by Gasteiger charge is -2.09. The summed E-state index contributed by atoms with van der Waals surface area (Å²) in [5, 5.41) is 12.3. The molecule has 0 spiro atoms. The maximum absolute atomic E-state index is 12.6. The number of nitriles is 1. The molecule has 0 aliphatic rings. The molecule has 0 radical (unpaired) electrons. The first-order valence-corrected chi connectivity index (χ1v) is 9.33. The molecule has 0 aliphatic heterocycles. The zero-order chi connectivity index (χ0) is 20.0. The number of benzene rings is 2. The Hall–Kier alpha value is -3.02. The van der Waals surface area contributed by atoms with Crippen molar-refractivity contribution in [3.63, 3.8) is 0 Å². The number of halogens is 1. The average molecular weight is 407 g/mol. The fourth-order valence-electron chi connectivity index (χ4n) is 2.12. The summed E-state index contributed by atoms with van der Waals surface area (Å²) in [6.45, 7) is 0. The molecule has 0 atom stereocenters. The number of rotatable bonds is 6. The number of anilines is 1. The van der Waals surface area contributed by atoms with E-state index in [9.17, 15) is 18.5 Å². The van der Waals surface area contributed by atoms with Crippen LogP contribution in [-0.4, -0.2) is 28.6 Å². The topological polar surface area (TPSA) is 105 Å². The number of nitrogens with one attached hydrogen (secondary N) is 1. The highest BCUT2D eigenvalue weighted by atomic mass is 35.5. The smallest absolute Gasteiger partial charge is 0.339 e. The molecule has 2 aromatic carbocycles. The van der Waals surface area contributed by atoms with E-state index in [2.05, 4.69) is 10.1 Å². The maximum Gasteiger partial charge on any atom is 0.339 e. The Morgan fingerprint density at radius 1 is 1.19 bits per heavy atom. The number of carbonyl (C=O) groups is 1. The summed E-state index contributed by atoms with van der Waals surface area (Å²) in [5.74, 6) is -0.157. The number of methoxy groups -OCH3 is 2. The zero-order valence-corrected chi connectivity index (χ0v) is 16.0. The summed E-state index contributed by atoms with van der Waals surface area (Å²) in [7, 11) is -1.39. The van der Waals surface area contributed by atoms with Crippen molar-refractivity contribution in [2.24, 2.45) is 0 Å². The van der Waals surface area contributed by atoms with Gasteiger partial charge in [-0.2, -0.15) is 5.26 Å². The Bertz CT molecular complexity index is 1020. The molecule has 27 heavy (non-hydrogen) atoms. The molecular weight excluding hydrogens is 392 g/mol. The molecule has 9 heteroatoms. The Labute approximate surface area is 161 Å². The molecule has 1 N–H and O–H groups in total. The predicted molar refractivity (Wildman–Crippen MR) is 100 cm³/mol. The number of carbonyl (C=O) groups excluding carboxylic acids is 1. The lowest BCUT2D eigenvalue weighted by molar-refractivity contribution is 0.0602. The molecule has 0 aromatic heterocycles. The summed E-state index contributed by atoms with van der Waals surface area (Å²) in [6.07, 6.45) is 0.998. The number of hydrogen-bond donors (Lipinski definition) is 1. The lowest BCUT2D eigenvalue weighted by atomic mass is 10.2. The van der Waals surface area contributed by atoms with Crippen LogP contribution in [0.3, 0.4) is 0 Å². The molecule has 0 saturated heterocycles. The highest BCUT2D eigenvalue weighted by molar-refractivity contribution is 7.95. The number of esters is 1. The number of nitrogens with zero attached hydrogens (tertiary/aromatic N) is 1. The molecule has 0 amide bonds. The van der Waals surface area contributed by atoms with Crippen LogP contribution in [0.1, 0.15) is 10.4 Å². The van der Waals surface area contributed by atoms with Gasteiger partial charge in [0.05, 0.1) is 30.4 Å². The molecule has 0 aliphatic carbocycles. The minimum Gasteiger partial charge on any atom is -0.497 e. The van der Waals surface area contributed by atoms with Gasteiger partial charge >= 0.3 is 5.97 Å². The molecule has 140 valence electrons. The first-order chi connectivity index (χ1) is 12.8. The quantitative estimate of drug-likeness (QED) is 0.578. The van der Waals surface area contributed by atoms with E-state index in [1.165, 1.54) is 56.7 Å². The van der Waals surface area contributed by atoms with E-state index < -0.39 is 20.7 Å². The van der Waals surface area contributed by atoms with Crippen molar-refractivity contribution in [3.05, 3.63) is 64.2 Å². The Morgan fingerprint density at radius 2 is 1.85 bits per heavy atom. The van der Waals surface area contributed by atoms with Crippen LogP contribution in [0.15, 0.2) is 58.5 Å². The molecule has 2 aromatic rings. The molecule has 0 fully saturated rings. The monoisotopic (exact) mass is 406 g/mol. The highest BCUT2D eigenvalue weighted by Gasteiger charge is 2.21. The maximum atomic E-state index is 12.6. The first-order valence-electron chi connectivity index (χ1n) is 7.47. The van der Waals surface area contributed by atoms with Crippen molar-refractivity contribution in [2.45, 2.75) is 4.90 Å². The van der Waals surface area contributed by atoms with Crippen molar-refractivity contribution in [1.29, 1.82) is 5.26 Å². The fourth-order valence-corrected chi connectivity index (χ4v) is 3.37. The van der Waals surface area contributed by atoms with Crippen molar-refractivity contribution < 1.29 is 22.7 Å². The van der Waals surface area contributed by atoms with Gasteiger partial charge in [-0.05, 0) is 42.5 Å². The van der Waals surface area contributed by atoms with Gasteiger partial charge in [-0.3, -0.25) is 0 Å². The molecule has 0 heterocycles. The third-order valence-corrected chi connectivity index (χ3v) is 5.43. The SMILES string of the molecule is COC(=O)c1ccc(Cl)cc1N/C=C(\C#N)S(=O)(=O)c1ccc(OC)cc1. The molecule has 2 rings (SSSR count). The molecular formula is C18H15ClN2O5S. The van der Waals surface area contributed by atoms with Gasteiger partial charge in [-0.25, -0.2) is 13.2 Å². The van der Waals surface area contributed by atoms with Crippen LogP contribution < -0.4 is 10.1 Å². The predicted octanol–water partition coefficient (Wildman–Crippen LogP) is 3.39. The van der Waals surface area contributed by atoms with Crippen LogP contribution in [0.25, 0.3) is 0 Å². The Kier molecular flexibility index (Phi) is 6.45. The van der Waals surface area contributed by atoms with Crippen LogP contribution in [-0.2, 0) is 14.6 Å². The minimum atomic E-state index is -4.06. The van der Waals surface area contributed by atoms with E-state index in [0.717, 1.165) is 6.20 Å². The number of ether oxygens (including phenoxy) is 2. The van der Waals surface area contributed by atoms with Gasteiger partial charge in [0, 0.05) is 11.2 Å². The van der Waals surface area contributed by atoms with Crippen molar-refractivity contribution in [3.8, 4) is 11.8 Å². The molecule has 0 unspecified atom stereocenters. The third-order valence-electron chi connectivity index (χ3n) is 3.52. The normalized spacial score (nSPS) is 11.4. The molecule has 7 nitrogen and oxygen atoms in total. The largest absolute Gasteiger partial charge is 0.497 e. The summed E-state index contributed by atoms with van der Waals surface area (Å²) in [4.78, 5) is 11.2. The van der Waals surface area contributed by atoms with Gasteiger partial charge in [0.25, 0.3) is 0 Å². The first kappa shape index (κ1) is 20.3. The van der Waals surface area contributed by atoms with Crippen LogP contribution in [0, 0.1) is 11.3 Å².